The quantitative estimate of drug-likeness (QED) is 0.576. The van der Waals surface area contributed by atoms with Crippen LogP contribution in [0.25, 0.3) is 0 Å². The fourth-order valence-electron chi connectivity index (χ4n) is 1.66. The molecule has 0 aromatic carbocycles. The third-order valence-corrected chi connectivity index (χ3v) is 2.70. The zero-order chi connectivity index (χ0) is 12.6. The van der Waals surface area contributed by atoms with Crippen LogP contribution in [0.1, 0.15) is 12.7 Å². The van der Waals surface area contributed by atoms with E-state index in [1.165, 1.54) is 6.07 Å². The molecule has 1 fully saturated rings. The molecule has 1 aliphatic rings. The van der Waals surface area contributed by atoms with Crippen LogP contribution in [0, 0.1) is 6.92 Å². The minimum Gasteiger partial charge on any atom is -0.335 e. The van der Waals surface area contributed by atoms with Crippen LogP contribution in [0.2, 0.25) is 5.15 Å². The molecule has 2 heterocycles. The van der Waals surface area contributed by atoms with E-state index in [0.717, 1.165) is 0 Å². The molecule has 0 bridgehead atoms. The van der Waals surface area contributed by atoms with E-state index >= 15 is 0 Å². The number of amides is 2. The fourth-order valence-corrected chi connectivity index (χ4v) is 1.88. The average Bonchev–Trinajstić information content (AvgIpc) is 2.22. The highest BCUT2D eigenvalue weighted by molar-refractivity contribution is 6.29. The van der Waals surface area contributed by atoms with Crippen molar-refractivity contribution in [2.75, 3.05) is 11.4 Å². The Bertz CT molecular complexity index is 471. The Hall–Kier alpha value is -1.69. The van der Waals surface area contributed by atoms with Crippen LogP contribution in [-0.2, 0) is 9.59 Å². The summed E-state index contributed by atoms with van der Waals surface area (Å²) in [6, 6.07) is 1.08. The van der Waals surface area contributed by atoms with E-state index in [1.54, 1.807) is 18.7 Å². The number of hydrogen-bond acceptors (Lipinski definition) is 5. The Morgan fingerprint density at radius 3 is 2.82 bits per heavy atom. The molecule has 0 aliphatic carbocycles. The number of aromatic nitrogens is 2. The van der Waals surface area contributed by atoms with E-state index in [1.807, 2.05) is 0 Å². The van der Waals surface area contributed by atoms with Crippen molar-refractivity contribution in [1.82, 2.24) is 15.3 Å². The number of carbonyl (C=O) groups is 2. The molecule has 1 aromatic heterocycles. The van der Waals surface area contributed by atoms with Gasteiger partial charge in [-0.2, -0.15) is 0 Å². The van der Waals surface area contributed by atoms with Gasteiger partial charge in [0.25, 0.3) is 0 Å². The van der Waals surface area contributed by atoms with E-state index in [2.05, 4.69) is 15.3 Å². The minimum atomic E-state index is -0.460. The Balaban J connectivity index is 2.37. The number of hydrogen-bond donors (Lipinski definition) is 1. The third-order valence-electron chi connectivity index (χ3n) is 2.51. The lowest BCUT2D eigenvalue weighted by atomic mass is 10.2. The summed E-state index contributed by atoms with van der Waals surface area (Å²) >= 11 is 5.83. The SMILES string of the molecule is Cc1nc(Cl)cc(N2CC(=O)NC(=O)C2C)n1. The van der Waals surface area contributed by atoms with E-state index < -0.39 is 6.04 Å². The van der Waals surface area contributed by atoms with Crippen molar-refractivity contribution in [2.24, 2.45) is 0 Å². The smallest absolute Gasteiger partial charge is 0.249 e. The molecule has 1 aromatic rings. The van der Waals surface area contributed by atoms with Gasteiger partial charge in [0.2, 0.25) is 11.8 Å². The first-order chi connectivity index (χ1) is 7.97. The second-order valence-electron chi connectivity index (χ2n) is 3.81. The summed E-state index contributed by atoms with van der Waals surface area (Å²) in [4.78, 5) is 32.5. The molecule has 2 amide bonds. The summed E-state index contributed by atoms with van der Waals surface area (Å²) in [6.45, 7) is 3.48. The number of rotatable bonds is 1. The number of nitrogens with one attached hydrogen (secondary N) is 1. The Labute approximate surface area is 103 Å². The highest BCUT2D eigenvalue weighted by Crippen LogP contribution is 2.19. The molecule has 0 radical (unpaired) electrons. The first-order valence-electron chi connectivity index (χ1n) is 5.09. The molecule has 17 heavy (non-hydrogen) atoms. The van der Waals surface area contributed by atoms with Gasteiger partial charge in [-0.25, -0.2) is 9.97 Å². The Morgan fingerprint density at radius 1 is 1.47 bits per heavy atom. The van der Waals surface area contributed by atoms with Gasteiger partial charge < -0.3 is 4.90 Å². The summed E-state index contributed by atoms with van der Waals surface area (Å²) in [6.07, 6.45) is 0. The Morgan fingerprint density at radius 2 is 2.18 bits per heavy atom. The van der Waals surface area contributed by atoms with Crippen molar-refractivity contribution in [2.45, 2.75) is 19.9 Å². The normalized spacial score (nSPS) is 20.4. The van der Waals surface area contributed by atoms with Gasteiger partial charge in [-0.1, -0.05) is 11.6 Å². The summed E-state index contributed by atoms with van der Waals surface area (Å²) in [5.74, 6) is 0.297. The van der Waals surface area contributed by atoms with Crippen LogP contribution in [0.15, 0.2) is 6.07 Å². The van der Waals surface area contributed by atoms with Crippen LogP contribution in [0.4, 0.5) is 5.82 Å². The van der Waals surface area contributed by atoms with Gasteiger partial charge in [-0.3, -0.25) is 14.9 Å². The van der Waals surface area contributed by atoms with Crippen molar-refractivity contribution in [3.8, 4) is 0 Å². The molecular formula is C10H11ClN4O2. The number of aryl methyl sites for hydroxylation is 1. The van der Waals surface area contributed by atoms with Crippen LogP contribution < -0.4 is 10.2 Å². The molecule has 1 saturated heterocycles. The topological polar surface area (TPSA) is 75.2 Å². The molecule has 90 valence electrons. The second-order valence-corrected chi connectivity index (χ2v) is 4.20. The van der Waals surface area contributed by atoms with Gasteiger partial charge >= 0.3 is 0 Å². The van der Waals surface area contributed by atoms with Crippen LogP contribution >= 0.6 is 11.6 Å². The summed E-state index contributed by atoms with van der Waals surface area (Å²) in [7, 11) is 0. The van der Waals surface area contributed by atoms with Crippen LogP contribution in [0.3, 0.4) is 0 Å². The third kappa shape index (κ3) is 2.36. The lowest BCUT2D eigenvalue weighted by Crippen LogP contribution is -2.57. The fraction of sp³-hybridized carbons (Fsp3) is 0.400. The van der Waals surface area contributed by atoms with Gasteiger partial charge in [0, 0.05) is 6.07 Å². The van der Waals surface area contributed by atoms with Gasteiger partial charge in [-0.15, -0.1) is 0 Å². The number of halogens is 1. The van der Waals surface area contributed by atoms with Crippen molar-refractivity contribution in [1.29, 1.82) is 0 Å². The molecule has 0 saturated carbocycles. The van der Waals surface area contributed by atoms with Crippen LogP contribution in [0.5, 0.6) is 0 Å². The maximum absolute atomic E-state index is 11.5. The molecular weight excluding hydrogens is 244 g/mol. The van der Waals surface area contributed by atoms with Gasteiger partial charge in [0.15, 0.2) is 0 Å². The van der Waals surface area contributed by atoms with Gasteiger partial charge in [0.05, 0.1) is 6.54 Å². The van der Waals surface area contributed by atoms with Crippen molar-refractivity contribution < 1.29 is 9.59 Å². The molecule has 6 nitrogen and oxygen atoms in total. The van der Waals surface area contributed by atoms with E-state index in [-0.39, 0.29) is 23.5 Å². The standard InChI is InChI=1S/C10H11ClN4O2/c1-5-10(17)14-9(16)4-15(5)8-3-7(11)12-6(2)13-8/h3,5H,4H2,1-2H3,(H,14,16,17). The predicted molar refractivity (Wildman–Crippen MR) is 61.7 cm³/mol. The van der Waals surface area contributed by atoms with Crippen molar-refractivity contribution >= 4 is 29.2 Å². The number of anilines is 1. The molecule has 1 unspecified atom stereocenters. The molecule has 2 rings (SSSR count). The first kappa shape index (κ1) is 11.8. The maximum atomic E-state index is 11.5. The molecule has 0 spiro atoms. The number of imide groups is 1. The van der Waals surface area contributed by atoms with E-state index in [4.69, 9.17) is 11.6 Å². The Kier molecular flexibility index (Phi) is 2.97. The van der Waals surface area contributed by atoms with E-state index in [0.29, 0.717) is 11.6 Å². The first-order valence-corrected chi connectivity index (χ1v) is 5.46. The lowest BCUT2D eigenvalue weighted by Gasteiger charge is -2.32. The monoisotopic (exact) mass is 254 g/mol. The molecule has 1 aliphatic heterocycles. The summed E-state index contributed by atoms with van der Waals surface area (Å²) < 4.78 is 0. The molecule has 7 heteroatoms. The zero-order valence-corrected chi connectivity index (χ0v) is 10.2. The maximum Gasteiger partial charge on any atom is 0.249 e. The van der Waals surface area contributed by atoms with Crippen molar-refractivity contribution in [3.63, 3.8) is 0 Å². The predicted octanol–water partition coefficient (Wildman–Crippen LogP) is 0.290. The number of piperazine rings is 1. The lowest BCUT2D eigenvalue weighted by molar-refractivity contribution is -0.132. The summed E-state index contributed by atoms with van der Waals surface area (Å²) in [5, 5.41) is 2.55. The minimum absolute atomic E-state index is 0.0830. The average molecular weight is 255 g/mol. The van der Waals surface area contributed by atoms with Crippen LogP contribution in [-0.4, -0.2) is 34.4 Å². The molecule has 1 atom stereocenters. The highest BCUT2D eigenvalue weighted by atomic mass is 35.5. The van der Waals surface area contributed by atoms with Gasteiger partial charge in [0.1, 0.15) is 22.8 Å². The summed E-state index contributed by atoms with van der Waals surface area (Å²) in [5.41, 5.74) is 0. The largest absolute Gasteiger partial charge is 0.335 e. The number of carbonyl (C=O) groups excluding carboxylic acids is 2. The zero-order valence-electron chi connectivity index (χ0n) is 9.40. The van der Waals surface area contributed by atoms with Crippen molar-refractivity contribution in [3.05, 3.63) is 17.0 Å². The highest BCUT2D eigenvalue weighted by Gasteiger charge is 2.31. The van der Waals surface area contributed by atoms with Gasteiger partial charge in [-0.05, 0) is 13.8 Å². The van der Waals surface area contributed by atoms with E-state index in [9.17, 15) is 9.59 Å². The second kappa shape index (κ2) is 4.29. The number of nitrogens with zero attached hydrogens (tertiary/aromatic N) is 3. The molecule has 1 N–H and O–H groups in total.